The van der Waals surface area contributed by atoms with Gasteiger partial charge in [-0.05, 0) is 61.3 Å². The molecule has 2 aliphatic rings. The van der Waals surface area contributed by atoms with Crippen molar-refractivity contribution in [2.24, 2.45) is 5.92 Å². The predicted molar refractivity (Wildman–Crippen MR) is 124 cm³/mol. The van der Waals surface area contributed by atoms with Gasteiger partial charge in [0.05, 0.1) is 0 Å². The average molecular weight is 423 g/mol. The summed E-state index contributed by atoms with van der Waals surface area (Å²) in [4.78, 5) is 26.0. The molecule has 0 spiro atoms. The number of amides is 2. The number of piperidine rings is 2. The van der Waals surface area contributed by atoms with E-state index in [1.807, 2.05) is 24.5 Å². The van der Waals surface area contributed by atoms with Crippen molar-refractivity contribution in [3.8, 4) is 0 Å². The number of pyridine rings is 2. The van der Waals surface area contributed by atoms with E-state index in [1.54, 1.807) is 0 Å². The van der Waals surface area contributed by atoms with Crippen molar-refractivity contribution in [2.45, 2.75) is 52.1 Å². The van der Waals surface area contributed by atoms with Gasteiger partial charge in [-0.1, -0.05) is 19.1 Å². The highest BCUT2D eigenvalue weighted by Gasteiger charge is 2.16. The van der Waals surface area contributed by atoms with Gasteiger partial charge in [0.15, 0.2) is 0 Å². The van der Waals surface area contributed by atoms with Crippen LogP contribution in [0.4, 0.5) is 16.4 Å². The van der Waals surface area contributed by atoms with E-state index in [9.17, 15) is 4.79 Å². The van der Waals surface area contributed by atoms with E-state index in [-0.39, 0.29) is 6.03 Å². The van der Waals surface area contributed by atoms with Crippen LogP contribution in [0, 0.1) is 5.92 Å². The lowest BCUT2D eigenvalue weighted by molar-refractivity contribution is 0.240. The van der Waals surface area contributed by atoms with Gasteiger partial charge in [0.2, 0.25) is 0 Å². The fourth-order valence-corrected chi connectivity index (χ4v) is 4.20. The van der Waals surface area contributed by atoms with Gasteiger partial charge < -0.3 is 20.4 Å². The Kier molecular flexibility index (Phi) is 7.22. The molecule has 2 aliphatic heterocycles. The van der Waals surface area contributed by atoms with Crippen molar-refractivity contribution < 1.29 is 4.79 Å². The average Bonchev–Trinajstić information content (AvgIpc) is 2.83. The van der Waals surface area contributed by atoms with E-state index in [1.165, 1.54) is 32.1 Å². The smallest absolute Gasteiger partial charge is 0.315 e. The summed E-state index contributed by atoms with van der Waals surface area (Å²) in [6, 6.07) is 8.01. The highest BCUT2D eigenvalue weighted by Crippen LogP contribution is 2.21. The molecule has 0 radical (unpaired) electrons. The molecule has 0 aromatic carbocycles. The third kappa shape index (κ3) is 6.09. The van der Waals surface area contributed by atoms with Crippen LogP contribution in [0.15, 0.2) is 36.7 Å². The second kappa shape index (κ2) is 10.5. The molecule has 0 bridgehead atoms. The van der Waals surface area contributed by atoms with Crippen LogP contribution >= 0.6 is 0 Å². The van der Waals surface area contributed by atoms with Gasteiger partial charge >= 0.3 is 6.03 Å². The number of anilines is 2. The SMILES string of the molecule is CC1CCN(c2ccc(CNC(=O)NCc3ccc(N4CCCCC4)nc3)cn2)CC1. The normalized spacial score (nSPS) is 17.5. The quantitative estimate of drug-likeness (QED) is 0.743. The first-order valence-electron chi connectivity index (χ1n) is 11.6. The first-order chi connectivity index (χ1) is 15.2. The lowest BCUT2D eigenvalue weighted by Crippen LogP contribution is -2.35. The summed E-state index contributed by atoms with van der Waals surface area (Å²) in [7, 11) is 0. The molecule has 4 rings (SSSR count). The zero-order chi connectivity index (χ0) is 21.5. The minimum Gasteiger partial charge on any atom is -0.357 e. The maximum atomic E-state index is 12.2. The minimum absolute atomic E-state index is 0.186. The molecule has 2 N–H and O–H groups in total. The van der Waals surface area contributed by atoms with Crippen molar-refractivity contribution in [3.63, 3.8) is 0 Å². The fraction of sp³-hybridized carbons (Fsp3) is 0.542. The summed E-state index contributed by atoms with van der Waals surface area (Å²) in [5.74, 6) is 2.87. The number of hydrogen-bond acceptors (Lipinski definition) is 5. The van der Waals surface area contributed by atoms with Crippen LogP contribution in [0.3, 0.4) is 0 Å². The van der Waals surface area contributed by atoms with E-state index in [0.29, 0.717) is 13.1 Å². The van der Waals surface area contributed by atoms with E-state index in [2.05, 4.69) is 49.5 Å². The highest BCUT2D eigenvalue weighted by molar-refractivity contribution is 5.73. The van der Waals surface area contributed by atoms with Gasteiger partial charge in [0.25, 0.3) is 0 Å². The molecule has 166 valence electrons. The maximum absolute atomic E-state index is 12.2. The third-order valence-electron chi connectivity index (χ3n) is 6.31. The molecule has 0 aliphatic carbocycles. The molecule has 0 saturated carbocycles. The van der Waals surface area contributed by atoms with Crippen LogP contribution < -0.4 is 20.4 Å². The number of nitrogens with one attached hydrogen (secondary N) is 2. The Labute approximate surface area is 185 Å². The second-order valence-corrected chi connectivity index (χ2v) is 8.80. The monoisotopic (exact) mass is 422 g/mol. The second-order valence-electron chi connectivity index (χ2n) is 8.80. The Hall–Kier alpha value is -2.83. The van der Waals surface area contributed by atoms with Crippen LogP contribution in [0.1, 0.15) is 50.2 Å². The van der Waals surface area contributed by atoms with E-state index >= 15 is 0 Å². The molecular formula is C24H34N6O. The fourth-order valence-electron chi connectivity index (χ4n) is 4.20. The lowest BCUT2D eigenvalue weighted by atomic mass is 9.99. The standard InChI is InChI=1S/C24H34N6O/c1-19-9-13-30(14-10-19)23-8-6-21(16-26-23)18-28-24(31)27-17-20-5-7-22(25-15-20)29-11-3-2-4-12-29/h5-8,15-16,19H,2-4,9-14,17-18H2,1H3,(H2,27,28,31). The van der Waals surface area contributed by atoms with Crippen molar-refractivity contribution in [1.82, 2.24) is 20.6 Å². The Bertz CT molecular complexity index is 824. The first kappa shape index (κ1) is 21.4. The molecule has 31 heavy (non-hydrogen) atoms. The topological polar surface area (TPSA) is 73.4 Å². The zero-order valence-electron chi connectivity index (χ0n) is 18.5. The van der Waals surface area contributed by atoms with E-state index < -0.39 is 0 Å². The van der Waals surface area contributed by atoms with Gasteiger partial charge in [-0.2, -0.15) is 0 Å². The van der Waals surface area contributed by atoms with Gasteiger partial charge in [-0.25, -0.2) is 14.8 Å². The Morgan fingerprint density at radius 3 is 1.84 bits per heavy atom. The van der Waals surface area contributed by atoms with Crippen LogP contribution in [0.25, 0.3) is 0 Å². The van der Waals surface area contributed by atoms with Gasteiger partial charge in [0.1, 0.15) is 11.6 Å². The van der Waals surface area contributed by atoms with Crippen LogP contribution in [-0.2, 0) is 13.1 Å². The van der Waals surface area contributed by atoms with Gasteiger partial charge in [0, 0.05) is 51.7 Å². The number of aromatic nitrogens is 2. The molecule has 2 aromatic rings. The molecule has 2 amide bonds. The highest BCUT2D eigenvalue weighted by atomic mass is 16.2. The number of carbonyl (C=O) groups excluding carboxylic acids is 1. The summed E-state index contributed by atoms with van der Waals surface area (Å²) in [6.45, 7) is 7.54. The number of nitrogens with zero attached hydrogens (tertiary/aromatic N) is 4. The van der Waals surface area contributed by atoms with Gasteiger partial charge in [-0.3, -0.25) is 0 Å². The Morgan fingerprint density at radius 1 is 0.839 bits per heavy atom. The number of urea groups is 1. The largest absolute Gasteiger partial charge is 0.357 e. The van der Waals surface area contributed by atoms with E-state index in [0.717, 1.165) is 54.9 Å². The van der Waals surface area contributed by atoms with Crippen molar-refractivity contribution in [1.29, 1.82) is 0 Å². The number of hydrogen-bond donors (Lipinski definition) is 2. The molecular weight excluding hydrogens is 388 g/mol. The molecule has 2 saturated heterocycles. The maximum Gasteiger partial charge on any atom is 0.315 e. The number of carbonyl (C=O) groups is 1. The van der Waals surface area contributed by atoms with Crippen LogP contribution in [-0.4, -0.2) is 42.2 Å². The molecule has 7 heteroatoms. The summed E-state index contributed by atoms with van der Waals surface area (Å²) in [5.41, 5.74) is 2.00. The van der Waals surface area contributed by atoms with Crippen molar-refractivity contribution in [3.05, 3.63) is 47.8 Å². The summed E-state index contributed by atoms with van der Waals surface area (Å²) in [5, 5.41) is 5.81. The van der Waals surface area contributed by atoms with Crippen LogP contribution in [0.2, 0.25) is 0 Å². The van der Waals surface area contributed by atoms with Crippen molar-refractivity contribution in [2.75, 3.05) is 36.0 Å². The van der Waals surface area contributed by atoms with Gasteiger partial charge in [-0.15, -0.1) is 0 Å². The summed E-state index contributed by atoms with van der Waals surface area (Å²) >= 11 is 0. The zero-order valence-corrected chi connectivity index (χ0v) is 18.5. The van der Waals surface area contributed by atoms with E-state index in [4.69, 9.17) is 0 Å². The molecule has 4 heterocycles. The molecule has 0 unspecified atom stereocenters. The van der Waals surface area contributed by atoms with Crippen LogP contribution in [0.5, 0.6) is 0 Å². The molecule has 2 aromatic heterocycles. The number of rotatable bonds is 6. The Balaban J connectivity index is 1.19. The van der Waals surface area contributed by atoms with Crippen molar-refractivity contribution >= 4 is 17.7 Å². The molecule has 7 nitrogen and oxygen atoms in total. The Morgan fingerprint density at radius 2 is 1.35 bits per heavy atom. The molecule has 0 atom stereocenters. The predicted octanol–water partition coefficient (Wildman–Crippen LogP) is 3.70. The minimum atomic E-state index is -0.186. The third-order valence-corrected chi connectivity index (χ3v) is 6.31. The first-order valence-corrected chi connectivity index (χ1v) is 11.6. The molecule has 2 fully saturated rings. The summed E-state index contributed by atoms with van der Waals surface area (Å²) < 4.78 is 0. The summed E-state index contributed by atoms with van der Waals surface area (Å²) in [6.07, 6.45) is 9.95. The lowest BCUT2D eigenvalue weighted by Gasteiger charge is -2.31.